The zero-order chi connectivity index (χ0) is 33.7. The van der Waals surface area contributed by atoms with Gasteiger partial charge in [-0.3, -0.25) is 0 Å². The number of hydrogen-bond donors (Lipinski definition) is 0. The first-order chi connectivity index (χ1) is 23.3. The van der Waals surface area contributed by atoms with Gasteiger partial charge in [-0.2, -0.15) is 0 Å². The molecule has 0 amide bonds. The normalized spacial score (nSPS) is 11.6. The third kappa shape index (κ3) is 29.8. The minimum absolute atomic E-state index is 1.20. The number of aryl methyl sites for hydroxylation is 3. The van der Waals surface area contributed by atoms with Gasteiger partial charge in [-0.1, -0.05) is 220 Å². The largest absolute Gasteiger partial charge is 0.205 e. The highest BCUT2D eigenvalue weighted by atomic mass is 14.9. The van der Waals surface area contributed by atoms with Gasteiger partial charge in [0.2, 0.25) is 0 Å². The van der Waals surface area contributed by atoms with Crippen LogP contribution in [0.3, 0.4) is 0 Å². The Morgan fingerprint density at radius 3 is 0.936 bits per heavy atom. The van der Waals surface area contributed by atoms with Crippen LogP contribution in [0.1, 0.15) is 257 Å². The molecule has 0 aliphatic heterocycles. The van der Waals surface area contributed by atoms with Crippen molar-refractivity contribution in [3.8, 4) is 0 Å². The minimum atomic E-state index is 1.20. The standard InChI is InChI=1S/C46H88N/c1-4-7-10-13-15-17-19-21-23-25-27-29-31-33-36-39-45-41-43-47(42-38-35-12-9-6-3)44-46(45)40-37-34-32-30-28-26-24-22-20-18-16-14-11-8-5-2/h41,43-44H,4-40,42H2,1-3H3/q+1. The van der Waals surface area contributed by atoms with Gasteiger partial charge in [0, 0.05) is 18.1 Å². The van der Waals surface area contributed by atoms with Crippen molar-refractivity contribution in [3.63, 3.8) is 0 Å². The summed E-state index contributed by atoms with van der Waals surface area (Å²) in [6.45, 7) is 8.14. The minimum Gasteiger partial charge on any atom is -0.205 e. The first-order valence-electron chi connectivity index (χ1n) is 22.3. The Kier molecular flexibility index (Phi) is 34.2. The highest BCUT2D eigenvalue weighted by molar-refractivity contribution is 5.21. The third-order valence-corrected chi connectivity index (χ3v) is 10.8. The van der Waals surface area contributed by atoms with Crippen molar-refractivity contribution >= 4 is 0 Å². The Balaban J connectivity index is 2.21. The lowest BCUT2D eigenvalue weighted by atomic mass is 9.97. The maximum atomic E-state index is 2.55. The number of pyridine rings is 1. The van der Waals surface area contributed by atoms with Crippen LogP contribution in [0.5, 0.6) is 0 Å². The molecule has 0 aliphatic rings. The van der Waals surface area contributed by atoms with Crippen molar-refractivity contribution in [1.29, 1.82) is 0 Å². The van der Waals surface area contributed by atoms with Gasteiger partial charge in [-0.15, -0.1) is 0 Å². The summed E-state index contributed by atoms with van der Waals surface area (Å²) in [7, 11) is 0. The summed E-state index contributed by atoms with van der Waals surface area (Å²) in [5, 5.41) is 0. The SMILES string of the molecule is CCCCCCCCCCCCCCCCCc1cc[n+](CCCCCCC)cc1CCCCCCCCCCCCCCCCC. The summed E-state index contributed by atoms with van der Waals surface area (Å²) in [5.41, 5.74) is 3.33. The van der Waals surface area contributed by atoms with E-state index < -0.39 is 0 Å². The third-order valence-electron chi connectivity index (χ3n) is 10.8. The van der Waals surface area contributed by atoms with Gasteiger partial charge in [0.15, 0.2) is 12.4 Å². The van der Waals surface area contributed by atoms with Crippen LogP contribution in [-0.2, 0) is 19.4 Å². The van der Waals surface area contributed by atoms with Crippen LogP contribution in [0, 0.1) is 0 Å². The summed E-state index contributed by atoms with van der Waals surface area (Å²) in [5.74, 6) is 0. The summed E-state index contributed by atoms with van der Waals surface area (Å²) in [6.07, 6.45) is 57.8. The molecule has 0 saturated carbocycles. The van der Waals surface area contributed by atoms with Crippen molar-refractivity contribution in [2.24, 2.45) is 0 Å². The highest BCUT2D eigenvalue weighted by Crippen LogP contribution is 2.18. The van der Waals surface area contributed by atoms with Crippen LogP contribution >= 0.6 is 0 Å². The summed E-state index contributed by atoms with van der Waals surface area (Å²) >= 11 is 0. The first-order valence-corrected chi connectivity index (χ1v) is 22.3. The lowest BCUT2D eigenvalue weighted by Crippen LogP contribution is -2.33. The number of unbranched alkanes of at least 4 members (excludes halogenated alkanes) is 32. The number of aromatic nitrogens is 1. The number of hydrogen-bond acceptors (Lipinski definition) is 0. The van der Waals surface area contributed by atoms with Crippen LogP contribution in [-0.4, -0.2) is 0 Å². The van der Waals surface area contributed by atoms with E-state index in [1.165, 1.54) is 244 Å². The molecular formula is C46H88N+. The second-order valence-electron chi connectivity index (χ2n) is 15.5. The Bertz CT molecular complexity index is 739. The molecule has 47 heavy (non-hydrogen) atoms. The van der Waals surface area contributed by atoms with Gasteiger partial charge in [0.25, 0.3) is 0 Å². The van der Waals surface area contributed by atoms with E-state index in [0.29, 0.717) is 0 Å². The van der Waals surface area contributed by atoms with E-state index in [1.54, 1.807) is 11.1 Å². The van der Waals surface area contributed by atoms with Crippen LogP contribution in [0.2, 0.25) is 0 Å². The summed E-state index contributed by atoms with van der Waals surface area (Å²) in [4.78, 5) is 0. The smallest absolute Gasteiger partial charge is 0.172 e. The molecule has 0 fully saturated rings. The molecule has 0 spiro atoms. The molecule has 1 aromatic rings. The molecule has 0 bridgehead atoms. The molecule has 0 aliphatic carbocycles. The van der Waals surface area contributed by atoms with Crippen molar-refractivity contribution < 1.29 is 4.57 Å². The van der Waals surface area contributed by atoms with Crippen molar-refractivity contribution in [2.45, 2.75) is 265 Å². The predicted molar refractivity (Wildman–Crippen MR) is 213 cm³/mol. The molecule has 1 heterocycles. The van der Waals surface area contributed by atoms with Crippen LogP contribution in [0.4, 0.5) is 0 Å². The Hall–Kier alpha value is -0.850. The second-order valence-corrected chi connectivity index (χ2v) is 15.5. The molecule has 0 atom stereocenters. The molecule has 0 unspecified atom stereocenters. The fraction of sp³-hybridized carbons (Fsp3) is 0.891. The summed E-state index contributed by atoms with van der Waals surface area (Å²) < 4.78 is 2.52. The number of nitrogens with zero attached hydrogens (tertiary/aromatic N) is 1. The monoisotopic (exact) mass is 655 g/mol. The predicted octanol–water partition coefficient (Wildman–Crippen LogP) is 15.8. The topological polar surface area (TPSA) is 3.88 Å². The lowest BCUT2D eigenvalue weighted by Gasteiger charge is -2.10. The Morgan fingerprint density at radius 2 is 0.596 bits per heavy atom. The van der Waals surface area contributed by atoms with Gasteiger partial charge in [-0.25, -0.2) is 4.57 Å². The Labute approximate surface area is 298 Å². The van der Waals surface area contributed by atoms with Gasteiger partial charge in [-0.05, 0) is 37.7 Å². The fourth-order valence-electron chi connectivity index (χ4n) is 7.50. The van der Waals surface area contributed by atoms with E-state index in [0.717, 1.165) is 0 Å². The van der Waals surface area contributed by atoms with Gasteiger partial charge >= 0.3 is 0 Å². The van der Waals surface area contributed by atoms with E-state index >= 15 is 0 Å². The summed E-state index contributed by atoms with van der Waals surface area (Å²) in [6, 6.07) is 2.50. The molecule has 0 N–H and O–H groups in total. The molecule has 1 nitrogen and oxygen atoms in total. The molecular weight excluding hydrogens is 567 g/mol. The Morgan fingerprint density at radius 1 is 0.319 bits per heavy atom. The quantitative estimate of drug-likeness (QED) is 0.0493. The van der Waals surface area contributed by atoms with Crippen molar-refractivity contribution in [3.05, 3.63) is 29.6 Å². The molecule has 0 radical (unpaired) electrons. The average Bonchev–Trinajstić information content (AvgIpc) is 3.08. The number of rotatable bonds is 38. The lowest BCUT2D eigenvalue weighted by molar-refractivity contribution is -0.697. The van der Waals surface area contributed by atoms with E-state index in [1.807, 2.05) is 0 Å². The highest BCUT2D eigenvalue weighted by Gasteiger charge is 2.10. The maximum Gasteiger partial charge on any atom is 0.172 e. The molecule has 1 heteroatoms. The first kappa shape index (κ1) is 44.2. The second kappa shape index (κ2) is 36.4. The van der Waals surface area contributed by atoms with Crippen LogP contribution in [0.25, 0.3) is 0 Å². The van der Waals surface area contributed by atoms with Crippen molar-refractivity contribution in [1.82, 2.24) is 0 Å². The maximum absolute atomic E-state index is 2.55. The van der Waals surface area contributed by atoms with Crippen molar-refractivity contribution in [2.75, 3.05) is 0 Å². The molecule has 0 aromatic carbocycles. The molecule has 1 aromatic heterocycles. The van der Waals surface area contributed by atoms with Crippen LogP contribution < -0.4 is 4.57 Å². The van der Waals surface area contributed by atoms with Gasteiger partial charge < -0.3 is 0 Å². The average molecular weight is 655 g/mol. The molecule has 276 valence electrons. The fourth-order valence-corrected chi connectivity index (χ4v) is 7.50. The van der Waals surface area contributed by atoms with E-state index in [4.69, 9.17) is 0 Å². The van der Waals surface area contributed by atoms with E-state index in [9.17, 15) is 0 Å². The molecule has 1 rings (SSSR count). The van der Waals surface area contributed by atoms with Crippen LogP contribution in [0.15, 0.2) is 18.5 Å². The van der Waals surface area contributed by atoms with Gasteiger partial charge in [0.05, 0.1) is 0 Å². The van der Waals surface area contributed by atoms with E-state index in [2.05, 4.69) is 43.8 Å². The van der Waals surface area contributed by atoms with E-state index in [-0.39, 0.29) is 0 Å². The zero-order valence-electron chi connectivity index (χ0n) is 33.0. The zero-order valence-corrected chi connectivity index (χ0v) is 33.0. The molecule has 0 saturated heterocycles. The van der Waals surface area contributed by atoms with Gasteiger partial charge in [0.1, 0.15) is 6.54 Å².